The molecule has 5 nitrogen and oxygen atoms in total. The quantitative estimate of drug-likeness (QED) is 0.794. The third kappa shape index (κ3) is 2.80. The fourth-order valence-corrected chi connectivity index (χ4v) is 2.40. The molecule has 1 fully saturated rings. The van der Waals surface area contributed by atoms with Crippen LogP contribution in [-0.4, -0.2) is 46.3 Å². The lowest BCUT2D eigenvalue weighted by Crippen LogP contribution is -2.39. The van der Waals surface area contributed by atoms with E-state index in [2.05, 4.69) is 20.4 Å². The first kappa shape index (κ1) is 11.5. The molecular weight excluding hydrogens is 202 g/mol. The van der Waals surface area contributed by atoms with Crippen molar-refractivity contribution in [1.29, 1.82) is 0 Å². The maximum Gasteiger partial charge on any atom is 0.146 e. The first-order valence-corrected chi connectivity index (χ1v) is 5.99. The molecule has 1 aliphatic rings. The highest BCUT2D eigenvalue weighted by Crippen LogP contribution is 2.17. The molecule has 0 saturated carbocycles. The highest BCUT2D eigenvalue weighted by molar-refractivity contribution is 4.86. The second kappa shape index (κ2) is 5.41. The SMILES string of the molecule is CNCC1CCCN(Cc2nncn2C)C1. The molecule has 0 amide bonds. The Morgan fingerprint density at radius 2 is 2.44 bits per heavy atom. The Labute approximate surface area is 96.8 Å². The maximum absolute atomic E-state index is 4.14. The molecule has 5 heteroatoms. The summed E-state index contributed by atoms with van der Waals surface area (Å²) in [6.45, 7) is 4.41. The van der Waals surface area contributed by atoms with Gasteiger partial charge in [0, 0.05) is 13.6 Å². The normalized spacial score (nSPS) is 22.5. The number of nitrogens with zero attached hydrogens (tertiary/aromatic N) is 4. The van der Waals surface area contributed by atoms with E-state index in [0.717, 1.165) is 24.8 Å². The molecule has 2 rings (SSSR count). The lowest BCUT2D eigenvalue weighted by molar-refractivity contribution is 0.162. The van der Waals surface area contributed by atoms with Crippen LogP contribution in [0.1, 0.15) is 18.7 Å². The third-order valence-corrected chi connectivity index (χ3v) is 3.27. The predicted octanol–water partition coefficient (Wildman–Crippen LogP) is 0.246. The van der Waals surface area contributed by atoms with Gasteiger partial charge in [0.05, 0.1) is 6.54 Å². The van der Waals surface area contributed by atoms with Gasteiger partial charge in [-0.25, -0.2) is 0 Å². The molecule has 1 aromatic rings. The number of aryl methyl sites for hydroxylation is 1. The van der Waals surface area contributed by atoms with Crippen LogP contribution in [0.2, 0.25) is 0 Å². The van der Waals surface area contributed by atoms with Crippen LogP contribution in [0.15, 0.2) is 6.33 Å². The van der Waals surface area contributed by atoms with Crippen molar-refractivity contribution in [1.82, 2.24) is 25.0 Å². The van der Waals surface area contributed by atoms with E-state index in [-0.39, 0.29) is 0 Å². The van der Waals surface area contributed by atoms with E-state index in [1.54, 1.807) is 6.33 Å². The molecule has 1 aromatic heterocycles. The van der Waals surface area contributed by atoms with Gasteiger partial charge in [0.1, 0.15) is 12.2 Å². The minimum Gasteiger partial charge on any atom is -0.320 e. The van der Waals surface area contributed by atoms with Crippen molar-refractivity contribution < 1.29 is 0 Å². The molecule has 0 spiro atoms. The Bertz CT molecular complexity index is 320. The molecule has 0 aromatic carbocycles. The van der Waals surface area contributed by atoms with Gasteiger partial charge >= 0.3 is 0 Å². The molecule has 16 heavy (non-hydrogen) atoms. The lowest BCUT2D eigenvalue weighted by atomic mass is 9.98. The monoisotopic (exact) mass is 223 g/mol. The number of piperidine rings is 1. The van der Waals surface area contributed by atoms with E-state index in [4.69, 9.17) is 0 Å². The van der Waals surface area contributed by atoms with Gasteiger partial charge in [0.15, 0.2) is 0 Å². The molecule has 0 radical (unpaired) electrons. The minimum absolute atomic E-state index is 0.784. The molecule has 0 bridgehead atoms. The van der Waals surface area contributed by atoms with Crippen LogP contribution >= 0.6 is 0 Å². The van der Waals surface area contributed by atoms with Crippen molar-refractivity contribution in [3.05, 3.63) is 12.2 Å². The van der Waals surface area contributed by atoms with Crippen molar-refractivity contribution in [2.24, 2.45) is 13.0 Å². The van der Waals surface area contributed by atoms with Crippen LogP contribution in [0.25, 0.3) is 0 Å². The van der Waals surface area contributed by atoms with Gasteiger partial charge in [0.25, 0.3) is 0 Å². The van der Waals surface area contributed by atoms with Crippen molar-refractivity contribution in [3.63, 3.8) is 0 Å². The van der Waals surface area contributed by atoms with Crippen LogP contribution in [0.3, 0.4) is 0 Å². The van der Waals surface area contributed by atoms with Gasteiger partial charge < -0.3 is 9.88 Å². The number of rotatable bonds is 4. The summed E-state index contributed by atoms with van der Waals surface area (Å²) in [5.41, 5.74) is 0. The number of aromatic nitrogens is 3. The zero-order valence-corrected chi connectivity index (χ0v) is 10.2. The average molecular weight is 223 g/mol. The lowest BCUT2D eigenvalue weighted by Gasteiger charge is -2.32. The van der Waals surface area contributed by atoms with Crippen LogP contribution in [0.5, 0.6) is 0 Å². The first-order valence-electron chi connectivity index (χ1n) is 5.99. The fraction of sp³-hybridized carbons (Fsp3) is 0.818. The van der Waals surface area contributed by atoms with Gasteiger partial charge in [0.2, 0.25) is 0 Å². The number of hydrogen-bond donors (Lipinski definition) is 1. The molecule has 90 valence electrons. The number of hydrogen-bond acceptors (Lipinski definition) is 4. The van der Waals surface area contributed by atoms with Crippen molar-refractivity contribution >= 4 is 0 Å². The summed E-state index contributed by atoms with van der Waals surface area (Å²) in [7, 11) is 4.03. The summed E-state index contributed by atoms with van der Waals surface area (Å²) in [6, 6.07) is 0. The highest BCUT2D eigenvalue weighted by Gasteiger charge is 2.20. The van der Waals surface area contributed by atoms with Crippen LogP contribution in [0.4, 0.5) is 0 Å². The van der Waals surface area contributed by atoms with Crippen LogP contribution in [-0.2, 0) is 13.6 Å². The third-order valence-electron chi connectivity index (χ3n) is 3.27. The zero-order chi connectivity index (χ0) is 11.4. The van der Waals surface area contributed by atoms with Crippen molar-refractivity contribution in [2.75, 3.05) is 26.7 Å². The largest absolute Gasteiger partial charge is 0.320 e. The molecule has 1 aliphatic heterocycles. The van der Waals surface area contributed by atoms with Gasteiger partial charge in [-0.2, -0.15) is 0 Å². The minimum atomic E-state index is 0.784. The van der Waals surface area contributed by atoms with Crippen molar-refractivity contribution in [2.45, 2.75) is 19.4 Å². The van der Waals surface area contributed by atoms with Crippen LogP contribution in [0, 0.1) is 5.92 Å². The Hall–Kier alpha value is -0.940. The van der Waals surface area contributed by atoms with E-state index in [1.165, 1.54) is 25.9 Å². The Balaban J connectivity index is 1.88. The number of likely N-dealkylation sites (tertiary alicyclic amines) is 1. The standard InChI is InChI=1S/C11H21N5/c1-12-6-10-4-3-5-16(7-10)8-11-14-13-9-15(11)2/h9-10,12H,3-8H2,1-2H3. The molecule has 1 saturated heterocycles. The summed E-state index contributed by atoms with van der Waals surface area (Å²) in [5.74, 6) is 1.84. The summed E-state index contributed by atoms with van der Waals surface area (Å²) in [5, 5.41) is 11.3. The van der Waals surface area contributed by atoms with E-state index >= 15 is 0 Å². The highest BCUT2D eigenvalue weighted by atomic mass is 15.3. The Morgan fingerprint density at radius 3 is 3.12 bits per heavy atom. The molecule has 1 unspecified atom stereocenters. The summed E-state index contributed by atoms with van der Waals surface area (Å²) in [4.78, 5) is 2.48. The predicted molar refractivity (Wildman–Crippen MR) is 62.9 cm³/mol. The molecule has 0 aliphatic carbocycles. The maximum atomic E-state index is 4.14. The van der Waals surface area contributed by atoms with Gasteiger partial charge in [-0.15, -0.1) is 10.2 Å². The number of nitrogens with one attached hydrogen (secondary N) is 1. The van der Waals surface area contributed by atoms with Crippen LogP contribution < -0.4 is 5.32 Å². The second-order valence-electron chi connectivity index (χ2n) is 4.66. The van der Waals surface area contributed by atoms with E-state index < -0.39 is 0 Å². The van der Waals surface area contributed by atoms with Gasteiger partial charge in [-0.05, 0) is 38.9 Å². The summed E-state index contributed by atoms with van der Waals surface area (Å²) >= 11 is 0. The van der Waals surface area contributed by atoms with Gasteiger partial charge in [-0.1, -0.05) is 0 Å². The Morgan fingerprint density at radius 1 is 1.56 bits per heavy atom. The fourth-order valence-electron chi connectivity index (χ4n) is 2.40. The van der Waals surface area contributed by atoms with E-state index in [1.807, 2.05) is 18.7 Å². The van der Waals surface area contributed by atoms with Gasteiger partial charge in [-0.3, -0.25) is 4.90 Å². The second-order valence-corrected chi connectivity index (χ2v) is 4.66. The Kier molecular flexibility index (Phi) is 3.90. The molecular formula is C11H21N5. The summed E-state index contributed by atoms with van der Waals surface area (Å²) in [6.07, 6.45) is 4.41. The summed E-state index contributed by atoms with van der Waals surface area (Å²) < 4.78 is 2.00. The molecule has 1 atom stereocenters. The van der Waals surface area contributed by atoms with E-state index in [9.17, 15) is 0 Å². The van der Waals surface area contributed by atoms with E-state index in [0.29, 0.717) is 0 Å². The van der Waals surface area contributed by atoms with Crippen molar-refractivity contribution in [3.8, 4) is 0 Å². The first-order chi connectivity index (χ1) is 7.79. The molecule has 2 heterocycles. The topological polar surface area (TPSA) is 46.0 Å². The smallest absolute Gasteiger partial charge is 0.146 e. The average Bonchev–Trinajstić information content (AvgIpc) is 2.66. The zero-order valence-electron chi connectivity index (χ0n) is 10.2. The molecule has 1 N–H and O–H groups in total.